The van der Waals surface area contributed by atoms with Crippen molar-refractivity contribution < 1.29 is 13.2 Å². The molecule has 0 N–H and O–H groups in total. The van der Waals surface area contributed by atoms with Gasteiger partial charge in [-0.2, -0.15) is 5.10 Å². The van der Waals surface area contributed by atoms with Crippen LogP contribution in [0.2, 0.25) is 0 Å². The van der Waals surface area contributed by atoms with Gasteiger partial charge in [0.15, 0.2) is 11.5 Å². The summed E-state index contributed by atoms with van der Waals surface area (Å²) in [5.74, 6) is 1.74. The molecule has 8 heteroatoms. The molecule has 1 aromatic carbocycles. The summed E-state index contributed by atoms with van der Waals surface area (Å²) in [6.45, 7) is 2.94. The minimum atomic E-state index is -3.19. The Morgan fingerprint density at radius 3 is 2.86 bits per heavy atom. The highest BCUT2D eigenvalue weighted by Crippen LogP contribution is 2.28. The van der Waals surface area contributed by atoms with Crippen LogP contribution in [0.15, 0.2) is 42.6 Å². The van der Waals surface area contributed by atoms with Gasteiger partial charge in [0.25, 0.3) is 0 Å². The van der Waals surface area contributed by atoms with Crippen LogP contribution >= 0.6 is 0 Å². The molecule has 4 rings (SSSR count). The van der Waals surface area contributed by atoms with Gasteiger partial charge in [-0.3, -0.25) is 0 Å². The van der Waals surface area contributed by atoms with E-state index in [1.54, 1.807) is 15.9 Å². The van der Waals surface area contributed by atoms with E-state index in [4.69, 9.17) is 4.74 Å². The Bertz CT molecular complexity index is 1110. The fourth-order valence-corrected chi connectivity index (χ4v) is 5.43. The SMILES string of the molecule is CCCS(=O)(=O)N1CCCC(c2nc3ccc(-c4cccc(OC)c4)cn3n2)C1. The van der Waals surface area contributed by atoms with Crippen LogP contribution in [0.4, 0.5) is 0 Å². The number of fused-ring (bicyclic) bond motifs is 1. The first-order valence-corrected chi connectivity index (χ1v) is 11.6. The van der Waals surface area contributed by atoms with Gasteiger partial charge in [0.1, 0.15) is 5.75 Å². The smallest absolute Gasteiger partial charge is 0.214 e. The van der Waals surface area contributed by atoms with Crippen molar-refractivity contribution in [3.63, 3.8) is 0 Å². The van der Waals surface area contributed by atoms with Crippen LogP contribution in [0.3, 0.4) is 0 Å². The van der Waals surface area contributed by atoms with Crippen molar-refractivity contribution in [2.75, 3.05) is 26.0 Å². The van der Waals surface area contributed by atoms with Crippen LogP contribution in [0.1, 0.15) is 37.9 Å². The summed E-state index contributed by atoms with van der Waals surface area (Å²) in [5.41, 5.74) is 2.82. The zero-order chi connectivity index (χ0) is 20.4. The van der Waals surface area contributed by atoms with Crippen molar-refractivity contribution in [3.8, 4) is 16.9 Å². The van der Waals surface area contributed by atoms with Crippen LogP contribution in [0.5, 0.6) is 5.75 Å². The monoisotopic (exact) mass is 414 g/mol. The van der Waals surface area contributed by atoms with E-state index in [1.807, 2.05) is 49.5 Å². The van der Waals surface area contributed by atoms with Gasteiger partial charge in [0.2, 0.25) is 10.0 Å². The topological polar surface area (TPSA) is 76.8 Å². The second kappa shape index (κ2) is 8.12. The molecule has 0 amide bonds. The normalized spacial score (nSPS) is 18.2. The number of aromatic nitrogens is 3. The molecule has 0 spiro atoms. The number of hydrogen-bond acceptors (Lipinski definition) is 5. The molecule has 0 saturated carbocycles. The molecule has 1 saturated heterocycles. The van der Waals surface area contributed by atoms with E-state index in [-0.39, 0.29) is 11.7 Å². The van der Waals surface area contributed by atoms with Crippen molar-refractivity contribution in [3.05, 3.63) is 48.4 Å². The summed E-state index contributed by atoms with van der Waals surface area (Å²) in [7, 11) is -1.54. The Morgan fingerprint density at radius 2 is 2.07 bits per heavy atom. The lowest BCUT2D eigenvalue weighted by atomic mass is 9.99. The molecule has 7 nitrogen and oxygen atoms in total. The van der Waals surface area contributed by atoms with Crippen LogP contribution < -0.4 is 4.74 Å². The molecule has 29 heavy (non-hydrogen) atoms. The van der Waals surface area contributed by atoms with Crippen molar-refractivity contribution in [2.24, 2.45) is 0 Å². The second-order valence-electron chi connectivity index (χ2n) is 7.44. The quantitative estimate of drug-likeness (QED) is 0.618. The maximum Gasteiger partial charge on any atom is 0.214 e. The zero-order valence-corrected chi connectivity index (χ0v) is 17.6. The van der Waals surface area contributed by atoms with Gasteiger partial charge in [-0.25, -0.2) is 22.2 Å². The van der Waals surface area contributed by atoms with E-state index in [0.29, 0.717) is 25.3 Å². The van der Waals surface area contributed by atoms with Gasteiger partial charge in [-0.15, -0.1) is 0 Å². The van der Waals surface area contributed by atoms with Crippen molar-refractivity contribution in [1.82, 2.24) is 18.9 Å². The molecular weight excluding hydrogens is 388 g/mol. The number of rotatable bonds is 6. The molecule has 1 aliphatic rings. The largest absolute Gasteiger partial charge is 0.497 e. The molecule has 1 unspecified atom stereocenters. The first-order valence-electron chi connectivity index (χ1n) is 9.99. The number of piperidine rings is 1. The molecule has 0 radical (unpaired) electrons. The minimum absolute atomic E-state index is 0.0237. The molecule has 0 aliphatic carbocycles. The summed E-state index contributed by atoms with van der Waals surface area (Å²) < 4.78 is 33.6. The number of pyridine rings is 1. The summed E-state index contributed by atoms with van der Waals surface area (Å²) in [6.07, 6.45) is 4.31. The van der Waals surface area contributed by atoms with E-state index < -0.39 is 10.0 Å². The number of nitrogens with zero attached hydrogens (tertiary/aromatic N) is 4. The first-order chi connectivity index (χ1) is 14.0. The molecule has 0 bridgehead atoms. The minimum Gasteiger partial charge on any atom is -0.497 e. The van der Waals surface area contributed by atoms with E-state index in [0.717, 1.165) is 35.4 Å². The summed E-state index contributed by atoms with van der Waals surface area (Å²) in [6, 6.07) is 11.8. The Morgan fingerprint density at radius 1 is 1.21 bits per heavy atom. The lowest BCUT2D eigenvalue weighted by Gasteiger charge is -2.30. The Hall–Kier alpha value is -2.45. The average Bonchev–Trinajstić information content (AvgIpc) is 3.17. The van der Waals surface area contributed by atoms with Gasteiger partial charge in [0, 0.05) is 30.8 Å². The third-order valence-corrected chi connectivity index (χ3v) is 7.40. The predicted molar refractivity (Wildman–Crippen MR) is 113 cm³/mol. The van der Waals surface area contributed by atoms with Crippen LogP contribution in [-0.2, 0) is 10.0 Å². The highest BCUT2D eigenvalue weighted by atomic mass is 32.2. The maximum absolute atomic E-state index is 12.5. The van der Waals surface area contributed by atoms with Crippen molar-refractivity contribution >= 4 is 15.7 Å². The van der Waals surface area contributed by atoms with Gasteiger partial charge < -0.3 is 4.74 Å². The van der Waals surface area contributed by atoms with Crippen LogP contribution in [0.25, 0.3) is 16.8 Å². The molecule has 2 aromatic heterocycles. The number of hydrogen-bond donors (Lipinski definition) is 0. The molecule has 1 atom stereocenters. The lowest BCUT2D eigenvalue weighted by Crippen LogP contribution is -2.40. The molecule has 154 valence electrons. The van der Waals surface area contributed by atoms with E-state index in [1.165, 1.54) is 0 Å². The van der Waals surface area contributed by atoms with E-state index in [2.05, 4.69) is 10.1 Å². The number of benzene rings is 1. The second-order valence-corrected chi connectivity index (χ2v) is 9.52. The highest BCUT2D eigenvalue weighted by molar-refractivity contribution is 7.89. The maximum atomic E-state index is 12.5. The first kappa shape index (κ1) is 19.8. The number of methoxy groups -OCH3 is 1. The number of sulfonamides is 1. The fraction of sp³-hybridized carbons (Fsp3) is 0.429. The Kier molecular flexibility index (Phi) is 5.56. The molecule has 1 aliphatic heterocycles. The van der Waals surface area contributed by atoms with Crippen LogP contribution in [0, 0.1) is 0 Å². The summed E-state index contributed by atoms with van der Waals surface area (Å²) >= 11 is 0. The third kappa shape index (κ3) is 4.13. The van der Waals surface area contributed by atoms with Crippen molar-refractivity contribution in [1.29, 1.82) is 0 Å². The van der Waals surface area contributed by atoms with Gasteiger partial charge in [0.05, 0.1) is 12.9 Å². The van der Waals surface area contributed by atoms with Crippen LogP contribution in [-0.4, -0.2) is 53.3 Å². The van der Waals surface area contributed by atoms with Gasteiger partial charge in [-0.1, -0.05) is 19.1 Å². The van der Waals surface area contributed by atoms with Crippen molar-refractivity contribution in [2.45, 2.75) is 32.1 Å². The van der Waals surface area contributed by atoms with E-state index >= 15 is 0 Å². The highest BCUT2D eigenvalue weighted by Gasteiger charge is 2.31. The fourth-order valence-electron chi connectivity index (χ4n) is 3.84. The van der Waals surface area contributed by atoms with Gasteiger partial charge >= 0.3 is 0 Å². The predicted octanol–water partition coefficient (Wildman–Crippen LogP) is 3.32. The molecule has 3 heterocycles. The van der Waals surface area contributed by atoms with E-state index in [9.17, 15) is 8.42 Å². The molecule has 1 fully saturated rings. The standard InChI is InChI=1S/C21H26N4O3S/c1-3-12-29(26,27)24-11-5-7-18(14-24)21-22-20-10-9-17(15-25(20)23-21)16-6-4-8-19(13-16)28-2/h4,6,8-10,13,15,18H,3,5,7,11-12,14H2,1-2H3. The lowest BCUT2D eigenvalue weighted by molar-refractivity contribution is 0.309. The summed E-state index contributed by atoms with van der Waals surface area (Å²) in [4.78, 5) is 4.67. The zero-order valence-electron chi connectivity index (χ0n) is 16.8. The Balaban J connectivity index is 1.60. The third-order valence-electron chi connectivity index (χ3n) is 5.36. The Labute approximate surface area is 171 Å². The average molecular weight is 415 g/mol. The molecular formula is C21H26N4O3S. The van der Waals surface area contributed by atoms with Gasteiger partial charge in [-0.05, 0) is 49.1 Å². The number of ether oxygens (including phenoxy) is 1. The summed E-state index contributed by atoms with van der Waals surface area (Å²) in [5, 5.41) is 4.68. The molecule has 3 aromatic rings.